The molecule has 8 heteroatoms. The average Bonchev–Trinajstić information content (AvgIpc) is 3.15. The number of hydrogen-bond acceptors (Lipinski definition) is 5. The van der Waals surface area contributed by atoms with Crippen molar-refractivity contribution in [3.63, 3.8) is 0 Å². The van der Waals surface area contributed by atoms with Crippen molar-refractivity contribution in [3.05, 3.63) is 58.6 Å². The predicted octanol–water partition coefficient (Wildman–Crippen LogP) is 3.73. The number of methoxy groups -OCH3 is 1. The van der Waals surface area contributed by atoms with Crippen molar-refractivity contribution in [2.24, 2.45) is 0 Å². The first-order chi connectivity index (χ1) is 13.5. The van der Waals surface area contributed by atoms with Gasteiger partial charge in [-0.05, 0) is 36.2 Å². The van der Waals surface area contributed by atoms with Crippen LogP contribution in [0.25, 0.3) is 0 Å². The highest BCUT2D eigenvalue weighted by Gasteiger charge is 2.22. The molecular weight excluding hydrogens is 384 g/mol. The Labute approximate surface area is 167 Å². The summed E-state index contributed by atoms with van der Waals surface area (Å²) in [6, 6.07) is 11.2. The minimum Gasteiger partial charge on any atom is -0.469 e. The molecule has 2 aromatic carbocycles. The van der Waals surface area contributed by atoms with E-state index in [0.717, 1.165) is 5.56 Å². The standard InChI is InChI=1S/C20H21ClN2O5/c1-12(13-7-8-17-18(9-13)28-11-27-17)22-20(25)23-16(10-19(24)26-2)14-5-3-4-6-15(14)21/h3-9,12,16H,10-11H2,1-2H3,(H2,22,23,25)/t12-,16+/m0/s1. The van der Waals surface area contributed by atoms with Gasteiger partial charge in [-0.25, -0.2) is 4.79 Å². The van der Waals surface area contributed by atoms with Crippen LogP contribution < -0.4 is 20.1 Å². The van der Waals surface area contributed by atoms with Gasteiger partial charge < -0.3 is 24.8 Å². The first kappa shape index (κ1) is 19.8. The molecule has 2 atom stereocenters. The Hall–Kier alpha value is -2.93. The molecule has 0 aromatic heterocycles. The number of carbonyl (C=O) groups is 2. The van der Waals surface area contributed by atoms with Crippen molar-refractivity contribution in [2.75, 3.05) is 13.9 Å². The van der Waals surface area contributed by atoms with Crippen LogP contribution in [0.15, 0.2) is 42.5 Å². The van der Waals surface area contributed by atoms with Crippen LogP contribution in [-0.2, 0) is 9.53 Å². The zero-order chi connectivity index (χ0) is 20.1. The van der Waals surface area contributed by atoms with Gasteiger partial charge in [0.1, 0.15) is 0 Å². The summed E-state index contributed by atoms with van der Waals surface area (Å²) in [6.45, 7) is 2.04. The molecule has 2 aromatic rings. The summed E-state index contributed by atoms with van der Waals surface area (Å²) in [5, 5.41) is 6.12. The topological polar surface area (TPSA) is 85.9 Å². The summed E-state index contributed by atoms with van der Waals surface area (Å²) in [5.41, 5.74) is 1.50. The Balaban J connectivity index is 1.69. The summed E-state index contributed by atoms with van der Waals surface area (Å²) in [4.78, 5) is 24.3. The van der Waals surface area contributed by atoms with E-state index in [4.69, 9.17) is 25.8 Å². The van der Waals surface area contributed by atoms with Gasteiger partial charge in [0.25, 0.3) is 0 Å². The maximum absolute atomic E-state index is 12.6. The highest BCUT2D eigenvalue weighted by atomic mass is 35.5. The maximum atomic E-state index is 12.6. The van der Waals surface area contributed by atoms with Crippen molar-refractivity contribution in [1.82, 2.24) is 10.6 Å². The van der Waals surface area contributed by atoms with Crippen molar-refractivity contribution in [3.8, 4) is 11.5 Å². The molecule has 1 aliphatic rings. The Morgan fingerprint density at radius 1 is 1.14 bits per heavy atom. The Bertz CT molecular complexity index is 873. The van der Waals surface area contributed by atoms with Gasteiger partial charge in [-0.15, -0.1) is 0 Å². The van der Waals surface area contributed by atoms with Crippen LogP contribution >= 0.6 is 11.6 Å². The van der Waals surface area contributed by atoms with Crippen molar-refractivity contribution in [2.45, 2.75) is 25.4 Å². The van der Waals surface area contributed by atoms with Crippen LogP contribution in [0.5, 0.6) is 11.5 Å². The van der Waals surface area contributed by atoms with Gasteiger partial charge in [0.05, 0.1) is 25.6 Å². The van der Waals surface area contributed by atoms with E-state index in [9.17, 15) is 9.59 Å². The van der Waals surface area contributed by atoms with Gasteiger partial charge in [0, 0.05) is 5.02 Å². The number of rotatable bonds is 6. The van der Waals surface area contributed by atoms with E-state index in [1.807, 2.05) is 19.1 Å². The molecule has 2 amide bonds. The Morgan fingerprint density at radius 2 is 1.89 bits per heavy atom. The third-order valence-electron chi connectivity index (χ3n) is 4.43. The number of benzene rings is 2. The predicted molar refractivity (Wildman–Crippen MR) is 103 cm³/mol. The Morgan fingerprint density at radius 3 is 2.64 bits per heavy atom. The molecule has 0 saturated heterocycles. The zero-order valence-electron chi connectivity index (χ0n) is 15.5. The lowest BCUT2D eigenvalue weighted by Crippen LogP contribution is -2.40. The van der Waals surface area contributed by atoms with Crippen LogP contribution in [0.1, 0.15) is 36.6 Å². The molecule has 0 bridgehead atoms. The number of fused-ring (bicyclic) bond motifs is 1. The van der Waals surface area contributed by atoms with Gasteiger partial charge in [-0.2, -0.15) is 0 Å². The molecule has 7 nitrogen and oxygen atoms in total. The van der Waals surface area contributed by atoms with Gasteiger partial charge in [0.2, 0.25) is 6.79 Å². The number of esters is 1. The molecule has 0 aliphatic carbocycles. The van der Waals surface area contributed by atoms with E-state index >= 15 is 0 Å². The second-order valence-corrected chi connectivity index (χ2v) is 6.71. The third-order valence-corrected chi connectivity index (χ3v) is 4.77. The summed E-state index contributed by atoms with van der Waals surface area (Å²) in [5.74, 6) is 0.873. The molecule has 1 aliphatic heterocycles. The number of urea groups is 1. The monoisotopic (exact) mass is 404 g/mol. The van der Waals surface area contributed by atoms with Gasteiger partial charge in [0.15, 0.2) is 11.5 Å². The van der Waals surface area contributed by atoms with Crippen molar-refractivity contribution in [1.29, 1.82) is 0 Å². The van der Waals surface area contributed by atoms with Crippen LogP contribution in [0, 0.1) is 0 Å². The number of halogens is 1. The summed E-state index contributed by atoms with van der Waals surface area (Å²) >= 11 is 6.24. The van der Waals surface area contributed by atoms with Gasteiger partial charge >= 0.3 is 12.0 Å². The molecule has 0 radical (unpaired) electrons. The fourth-order valence-corrected chi connectivity index (χ4v) is 3.18. The molecule has 0 saturated carbocycles. The molecule has 0 fully saturated rings. The molecular formula is C20H21ClN2O5. The van der Waals surface area contributed by atoms with Gasteiger partial charge in [-0.1, -0.05) is 35.9 Å². The summed E-state index contributed by atoms with van der Waals surface area (Å²) < 4.78 is 15.4. The first-order valence-corrected chi connectivity index (χ1v) is 9.13. The molecule has 3 rings (SSSR count). The van der Waals surface area contributed by atoms with Crippen LogP contribution in [0.3, 0.4) is 0 Å². The molecule has 0 spiro atoms. The fraction of sp³-hybridized carbons (Fsp3) is 0.300. The highest BCUT2D eigenvalue weighted by molar-refractivity contribution is 6.31. The molecule has 1 heterocycles. The first-order valence-electron chi connectivity index (χ1n) is 8.75. The number of amides is 2. The molecule has 2 N–H and O–H groups in total. The SMILES string of the molecule is COC(=O)C[C@@H](NC(=O)N[C@@H](C)c1ccc2c(c1)OCO2)c1ccccc1Cl. The van der Waals surface area contributed by atoms with Crippen molar-refractivity contribution < 1.29 is 23.8 Å². The summed E-state index contributed by atoms with van der Waals surface area (Å²) in [7, 11) is 1.30. The van der Waals surface area contributed by atoms with E-state index < -0.39 is 18.0 Å². The normalized spacial score (nSPS) is 14.1. The quantitative estimate of drug-likeness (QED) is 0.716. The smallest absolute Gasteiger partial charge is 0.315 e. The summed E-state index contributed by atoms with van der Waals surface area (Å²) in [6.07, 6.45) is -0.0357. The van der Waals surface area contributed by atoms with E-state index in [2.05, 4.69) is 10.6 Å². The van der Waals surface area contributed by atoms with E-state index in [0.29, 0.717) is 22.1 Å². The number of hydrogen-bond donors (Lipinski definition) is 2. The largest absolute Gasteiger partial charge is 0.469 e. The molecule has 28 heavy (non-hydrogen) atoms. The number of ether oxygens (including phenoxy) is 3. The van der Waals surface area contributed by atoms with E-state index in [1.165, 1.54) is 7.11 Å². The van der Waals surface area contributed by atoms with Crippen LogP contribution in [0.4, 0.5) is 4.79 Å². The van der Waals surface area contributed by atoms with E-state index in [-0.39, 0.29) is 19.3 Å². The second kappa shape index (κ2) is 8.84. The molecule has 0 unspecified atom stereocenters. The van der Waals surface area contributed by atoms with Crippen LogP contribution in [-0.4, -0.2) is 25.9 Å². The highest BCUT2D eigenvalue weighted by Crippen LogP contribution is 2.34. The van der Waals surface area contributed by atoms with Gasteiger partial charge in [-0.3, -0.25) is 4.79 Å². The lowest BCUT2D eigenvalue weighted by atomic mass is 10.0. The van der Waals surface area contributed by atoms with E-state index in [1.54, 1.807) is 30.3 Å². The number of nitrogens with one attached hydrogen (secondary N) is 2. The fourth-order valence-electron chi connectivity index (χ4n) is 2.91. The second-order valence-electron chi connectivity index (χ2n) is 6.31. The lowest BCUT2D eigenvalue weighted by Gasteiger charge is -2.22. The minimum absolute atomic E-state index is 0.0357. The van der Waals surface area contributed by atoms with Crippen LogP contribution in [0.2, 0.25) is 5.02 Å². The maximum Gasteiger partial charge on any atom is 0.315 e. The molecule has 148 valence electrons. The zero-order valence-corrected chi connectivity index (χ0v) is 16.3. The number of carbonyl (C=O) groups excluding carboxylic acids is 2. The lowest BCUT2D eigenvalue weighted by molar-refractivity contribution is -0.141. The average molecular weight is 405 g/mol. The van der Waals surface area contributed by atoms with Crippen molar-refractivity contribution >= 4 is 23.6 Å². The minimum atomic E-state index is -0.620. The third kappa shape index (κ3) is 4.67. The Kier molecular flexibility index (Phi) is 6.26.